The Bertz CT molecular complexity index is 945. The summed E-state index contributed by atoms with van der Waals surface area (Å²) in [5.41, 5.74) is 3.50. The van der Waals surface area contributed by atoms with Crippen LogP contribution >= 0.6 is 0 Å². The molecule has 7 heteroatoms. The zero-order valence-electron chi connectivity index (χ0n) is 18.3. The molecule has 1 aliphatic heterocycles. The molecule has 3 rings (SSSR count). The van der Waals surface area contributed by atoms with Gasteiger partial charge in [0.1, 0.15) is 5.75 Å². The molecule has 164 valence electrons. The quantitative estimate of drug-likeness (QED) is 0.693. The summed E-state index contributed by atoms with van der Waals surface area (Å²) >= 11 is 0. The van der Waals surface area contributed by atoms with Crippen LogP contribution in [0.5, 0.6) is 5.75 Å². The average Bonchev–Trinajstić information content (AvgIpc) is 2.75. The number of rotatable bonds is 7. The first-order valence-electron chi connectivity index (χ1n) is 10.4. The van der Waals surface area contributed by atoms with Gasteiger partial charge in [-0.1, -0.05) is 30.3 Å². The van der Waals surface area contributed by atoms with Crippen LogP contribution in [0.4, 0.5) is 5.69 Å². The Morgan fingerprint density at radius 3 is 2.26 bits per heavy atom. The van der Waals surface area contributed by atoms with E-state index in [2.05, 4.69) is 5.32 Å². The zero-order valence-corrected chi connectivity index (χ0v) is 18.3. The lowest BCUT2D eigenvalue weighted by Gasteiger charge is -2.34. The highest BCUT2D eigenvalue weighted by Crippen LogP contribution is 2.19. The summed E-state index contributed by atoms with van der Waals surface area (Å²) in [5.74, 6) is 0.302. The molecule has 1 heterocycles. The zero-order chi connectivity index (χ0) is 22.4. The number of ketones is 1. The predicted octanol–water partition coefficient (Wildman–Crippen LogP) is 2.67. The van der Waals surface area contributed by atoms with Gasteiger partial charge in [0.05, 0.1) is 6.54 Å². The Morgan fingerprint density at radius 2 is 1.61 bits per heavy atom. The molecule has 0 spiro atoms. The fraction of sp³-hybridized carbons (Fsp3) is 0.375. The minimum Gasteiger partial charge on any atom is -0.484 e. The predicted molar refractivity (Wildman–Crippen MR) is 120 cm³/mol. The van der Waals surface area contributed by atoms with E-state index in [-0.39, 0.29) is 24.2 Å². The second kappa shape index (κ2) is 10.2. The van der Waals surface area contributed by atoms with Crippen molar-refractivity contribution in [3.8, 4) is 5.75 Å². The molecule has 0 aromatic heterocycles. The summed E-state index contributed by atoms with van der Waals surface area (Å²) in [7, 11) is 0. The second-order valence-corrected chi connectivity index (χ2v) is 7.84. The Morgan fingerprint density at radius 1 is 0.968 bits per heavy atom. The standard InChI is InChI=1S/C24H29N3O4/c1-17-6-4-7-18(2)24(17)25-22(29)15-26-10-12-27(13-11-26)23(30)16-31-21-9-5-8-20(14-21)19(3)28/h4-9,14H,10-13,15-16H2,1-3H3,(H,25,29). The molecule has 1 N–H and O–H groups in total. The van der Waals surface area contributed by atoms with Gasteiger partial charge >= 0.3 is 0 Å². The van der Waals surface area contributed by atoms with E-state index in [1.54, 1.807) is 29.2 Å². The molecule has 0 saturated carbocycles. The molecule has 2 aromatic carbocycles. The molecule has 0 unspecified atom stereocenters. The van der Waals surface area contributed by atoms with E-state index in [1.807, 2.05) is 36.9 Å². The lowest BCUT2D eigenvalue weighted by molar-refractivity contribution is -0.135. The van der Waals surface area contributed by atoms with Crippen molar-refractivity contribution in [3.05, 3.63) is 59.2 Å². The molecule has 2 aromatic rings. The molecule has 0 bridgehead atoms. The number of nitrogens with zero attached hydrogens (tertiary/aromatic N) is 2. The maximum atomic E-state index is 12.5. The first-order chi connectivity index (χ1) is 14.8. The van der Waals surface area contributed by atoms with Crippen LogP contribution in [-0.2, 0) is 9.59 Å². The number of carbonyl (C=O) groups excluding carboxylic acids is 3. The molecule has 31 heavy (non-hydrogen) atoms. The third kappa shape index (κ3) is 6.15. The van der Waals surface area contributed by atoms with E-state index in [0.717, 1.165) is 16.8 Å². The Balaban J connectivity index is 1.43. The van der Waals surface area contributed by atoms with Crippen molar-refractivity contribution in [2.45, 2.75) is 20.8 Å². The number of para-hydroxylation sites is 1. The summed E-state index contributed by atoms with van der Waals surface area (Å²) in [5, 5.41) is 3.01. The average molecular weight is 424 g/mol. The van der Waals surface area contributed by atoms with Gasteiger partial charge in [-0.15, -0.1) is 0 Å². The molecule has 0 radical (unpaired) electrons. The lowest BCUT2D eigenvalue weighted by atomic mass is 10.1. The molecule has 7 nitrogen and oxygen atoms in total. The number of aryl methyl sites for hydroxylation is 2. The minimum absolute atomic E-state index is 0.0467. The number of piperazine rings is 1. The van der Waals surface area contributed by atoms with Crippen molar-refractivity contribution in [3.63, 3.8) is 0 Å². The summed E-state index contributed by atoms with van der Waals surface area (Å²) in [6.07, 6.45) is 0. The van der Waals surface area contributed by atoms with Gasteiger partial charge in [0.15, 0.2) is 12.4 Å². The van der Waals surface area contributed by atoms with E-state index >= 15 is 0 Å². The SMILES string of the molecule is CC(=O)c1cccc(OCC(=O)N2CCN(CC(=O)Nc3c(C)cccc3C)CC2)c1. The van der Waals surface area contributed by atoms with Crippen LogP contribution in [0, 0.1) is 13.8 Å². The monoisotopic (exact) mass is 423 g/mol. The van der Waals surface area contributed by atoms with Crippen molar-refractivity contribution in [1.82, 2.24) is 9.80 Å². The molecule has 2 amide bonds. The van der Waals surface area contributed by atoms with Crippen LogP contribution in [0.2, 0.25) is 0 Å². The van der Waals surface area contributed by atoms with E-state index in [4.69, 9.17) is 4.74 Å². The largest absolute Gasteiger partial charge is 0.484 e. The summed E-state index contributed by atoms with van der Waals surface area (Å²) < 4.78 is 5.57. The van der Waals surface area contributed by atoms with Gasteiger partial charge in [0.25, 0.3) is 5.91 Å². The minimum atomic E-state index is -0.104. The molecule has 0 aliphatic carbocycles. The molecule has 1 saturated heterocycles. The summed E-state index contributed by atoms with van der Waals surface area (Å²) in [6, 6.07) is 12.7. The maximum absolute atomic E-state index is 12.5. The number of amides is 2. The summed E-state index contributed by atoms with van der Waals surface area (Å²) in [4.78, 5) is 40.2. The summed E-state index contributed by atoms with van der Waals surface area (Å²) in [6.45, 7) is 8.03. The van der Waals surface area contributed by atoms with Crippen molar-refractivity contribution in [1.29, 1.82) is 0 Å². The number of hydrogen-bond acceptors (Lipinski definition) is 5. The molecule has 1 fully saturated rings. The number of ether oxygens (including phenoxy) is 1. The van der Waals surface area contributed by atoms with Crippen molar-refractivity contribution in [2.24, 2.45) is 0 Å². The molecule has 0 atom stereocenters. The Kier molecular flexibility index (Phi) is 7.41. The van der Waals surface area contributed by atoms with Gasteiger partial charge < -0.3 is 15.0 Å². The van der Waals surface area contributed by atoms with Gasteiger partial charge in [-0.05, 0) is 44.0 Å². The van der Waals surface area contributed by atoms with Crippen molar-refractivity contribution in [2.75, 3.05) is 44.6 Å². The van der Waals surface area contributed by atoms with Gasteiger partial charge in [0, 0.05) is 37.4 Å². The van der Waals surface area contributed by atoms with E-state index in [0.29, 0.717) is 44.0 Å². The number of benzene rings is 2. The number of Topliss-reactive ketones (excluding diaryl/α,β-unsaturated/α-hetero) is 1. The van der Waals surface area contributed by atoms with Crippen LogP contribution in [0.1, 0.15) is 28.4 Å². The first kappa shape index (κ1) is 22.5. The van der Waals surface area contributed by atoms with Crippen molar-refractivity contribution < 1.29 is 19.1 Å². The van der Waals surface area contributed by atoms with Gasteiger partial charge in [0.2, 0.25) is 5.91 Å². The third-order valence-electron chi connectivity index (χ3n) is 5.44. The molecular formula is C24H29N3O4. The van der Waals surface area contributed by atoms with Crippen LogP contribution < -0.4 is 10.1 Å². The molecular weight excluding hydrogens is 394 g/mol. The number of anilines is 1. The number of carbonyl (C=O) groups is 3. The first-order valence-corrected chi connectivity index (χ1v) is 10.4. The lowest BCUT2D eigenvalue weighted by Crippen LogP contribution is -2.51. The number of nitrogens with one attached hydrogen (secondary N) is 1. The topological polar surface area (TPSA) is 79.0 Å². The fourth-order valence-electron chi connectivity index (χ4n) is 3.59. The Hall–Kier alpha value is -3.19. The van der Waals surface area contributed by atoms with E-state index in [9.17, 15) is 14.4 Å². The van der Waals surface area contributed by atoms with Crippen LogP contribution in [0.3, 0.4) is 0 Å². The smallest absolute Gasteiger partial charge is 0.260 e. The fourth-order valence-corrected chi connectivity index (χ4v) is 3.59. The van der Waals surface area contributed by atoms with Gasteiger partial charge in [-0.25, -0.2) is 0 Å². The second-order valence-electron chi connectivity index (χ2n) is 7.84. The van der Waals surface area contributed by atoms with E-state index < -0.39 is 0 Å². The molecule has 1 aliphatic rings. The third-order valence-corrected chi connectivity index (χ3v) is 5.44. The highest BCUT2D eigenvalue weighted by molar-refractivity contribution is 5.94. The van der Waals surface area contributed by atoms with Gasteiger partial charge in [-0.2, -0.15) is 0 Å². The van der Waals surface area contributed by atoms with Crippen LogP contribution in [-0.4, -0.2) is 66.7 Å². The Labute approximate surface area is 183 Å². The highest BCUT2D eigenvalue weighted by atomic mass is 16.5. The van der Waals surface area contributed by atoms with E-state index in [1.165, 1.54) is 6.92 Å². The van der Waals surface area contributed by atoms with Gasteiger partial charge in [-0.3, -0.25) is 19.3 Å². The van der Waals surface area contributed by atoms with Crippen LogP contribution in [0.25, 0.3) is 0 Å². The highest BCUT2D eigenvalue weighted by Gasteiger charge is 2.23. The number of hydrogen-bond donors (Lipinski definition) is 1. The maximum Gasteiger partial charge on any atom is 0.260 e. The van der Waals surface area contributed by atoms with Crippen molar-refractivity contribution >= 4 is 23.3 Å². The normalized spacial score (nSPS) is 14.2. The van der Waals surface area contributed by atoms with Crippen LogP contribution in [0.15, 0.2) is 42.5 Å².